The average molecular weight is 999 g/mol. The number of nitro groups is 1. The molecule has 3 rings (SSSR count). The fraction of sp³-hybridized carbons (Fsp3) is 0.549. The molecule has 0 bridgehead atoms. The number of fused-ring (bicyclic) bond motifs is 1. The first-order chi connectivity index (χ1) is 33.0. The number of para-hydroxylation sites is 1. The van der Waals surface area contributed by atoms with Crippen LogP contribution in [0.5, 0.6) is 5.75 Å². The van der Waals surface area contributed by atoms with Crippen LogP contribution in [0.2, 0.25) is 0 Å². The summed E-state index contributed by atoms with van der Waals surface area (Å²) in [5.74, 6) is -0.445. The molecule has 3 unspecified atom stereocenters. The van der Waals surface area contributed by atoms with Gasteiger partial charge in [0.2, 0.25) is 42.4 Å². The normalized spacial score (nSPS) is 11.3. The molecule has 0 radical (unpaired) electrons. The van der Waals surface area contributed by atoms with E-state index < -0.39 is 34.7 Å². The van der Waals surface area contributed by atoms with E-state index in [0.29, 0.717) is 31.6 Å². The van der Waals surface area contributed by atoms with Crippen LogP contribution in [0.1, 0.15) is 100 Å². The van der Waals surface area contributed by atoms with Gasteiger partial charge in [-0.15, -0.1) is 6.58 Å². The number of primary amides is 1. The zero-order valence-electron chi connectivity index (χ0n) is 44.9. The first kappa shape index (κ1) is 68.4. The van der Waals surface area contributed by atoms with Crippen molar-refractivity contribution in [3.8, 4) is 5.75 Å². The number of amides is 7. The predicted molar refractivity (Wildman–Crippen MR) is 282 cm³/mol. The van der Waals surface area contributed by atoms with E-state index >= 15 is 0 Å². The molecule has 0 aliphatic rings. The molecule has 0 saturated heterocycles. The van der Waals surface area contributed by atoms with Gasteiger partial charge in [-0.1, -0.05) is 78.8 Å². The summed E-state index contributed by atoms with van der Waals surface area (Å²) >= 11 is 0. The number of nitro benzene ring substituents is 1. The summed E-state index contributed by atoms with van der Waals surface area (Å²) in [5, 5.41) is 30.1. The molecule has 0 spiro atoms. The molecule has 0 aliphatic heterocycles. The number of nitrogens with one attached hydrogen (secondary N) is 4. The topological polar surface area (TPSA) is 294 Å². The summed E-state index contributed by atoms with van der Waals surface area (Å²) in [6.07, 6.45) is 6.82. The van der Waals surface area contributed by atoms with Crippen LogP contribution in [0.15, 0.2) is 61.3 Å². The third kappa shape index (κ3) is 33.4. The first-order valence-electron chi connectivity index (χ1n) is 23.5. The second-order valence-electron chi connectivity index (χ2n) is 18.6. The molecular formula is C51H86N10O10. The minimum atomic E-state index is -0.762. The lowest BCUT2D eigenvalue weighted by atomic mass is 10.0. The highest BCUT2D eigenvalue weighted by atomic mass is 16.6. The Morgan fingerprint density at radius 1 is 0.887 bits per heavy atom. The Labute approximate surface area is 421 Å². The summed E-state index contributed by atoms with van der Waals surface area (Å²) in [6.45, 7) is 27.1. The van der Waals surface area contributed by atoms with Crippen molar-refractivity contribution in [3.63, 3.8) is 0 Å². The van der Waals surface area contributed by atoms with E-state index in [9.17, 15) is 43.7 Å². The highest BCUT2D eigenvalue weighted by Crippen LogP contribution is 2.25. The van der Waals surface area contributed by atoms with Crippen molar-refractivity contribution in [1.82, 2.24) is 35.6 Å². The minimum Gasteiger partial charge on any atom is -0.502 e. The maximum Gasteiger partial charge on any atom is 0.310 e. The van der Waals surface area contributed by atoms with Crippen molar-refractivity contribution >= 4 is 58.9 Å². The van der Waals surface area contributed by atoms with Gasteiger partial charge in [-0.05, 0) is 94.9 Å². The van der Waals surface area contributed by atoms with Crippen LogP contribution in [0.25, 0.3) is 10.9 Å². The number of carbonyl (C=O) groups excluding carboxylic acids is 7. The average Bonchev–Trinajstić information content (AvgIpc) is 3.58. The SMILES string of the molecule is C=CC.CC(C)C.CC(C)CC(C)N(C)C(=O)C(N)Cc1cn(C)c2ccccc12.CC(C)CC(NC(=O)CN(C)C=O)C(=O)NCC(N)=O.CC(C)NC(=O)CNC=O.Cc1ccc(O)c([N+](=O)[O-])c1. The van der Waals surface area contributed by atoms with Gasteiger partial charge in [0.25, 0.3) is 0 Å². The monoisotopic (exact) mass is 999 g/mol. The molecule has 1 heterocycles. The Hall–Kier alpha value is -6.83. The first-order valence-corrected chi connectivity index (χ1v) is 23.5. The molecule has 400 valence electrons. The van der Waals surface area contributed by atoms with E-state index in [2.05, 4.69) is 92.3 Å². The molecule has 71 heavy (non-hydrogen) atoms. The number of carbonyl (C=O) groups is 7. The Kier molecular flexibility index (Phi) is 36.6. The van der Waals surface area contributed by atoms with Crippen molar-refractivity contribution in [2.24, 2.45) is 36.3 Å². The molecule has 0 aliphatic carbocycles. The molecule has 3 aromatic rings. The fourth-order valence-electron chi connectivity index (χ4n) is 6.02. The highest BCUT2D eigenvalue weighted by molar-refractivity contribution is 5.91. The summed E-state index contributed by atoms with van der Waals surface area (Å²) in [4.78, 5) is 90.1. The van der Waals surface area contributed by atoms with Gasteiger partial charge in [0.1, 0.15) is 6.04 Å². The van der Waals surface area contributed by atoms with Crippen LogP contribution >= 0.6 is 0 Å². The van der Waals surface area contributed by atoms with Gasteiger partial charge in [0.15, 0.2) is 5.75 Å². The number of aromatic nitrogens is 1. The van der Waals surface area contributed by atoms with Crippen LogP contribution in [0, 0.1) is 34.8 Å². The predicted octanol–water partition coefficient (Wildman–Crippen LogP) is 4.87. The molecule has 20 heteroatoms. The lowest BCUT2D eigenvalue weighted by Gasteiger charge is -2.28. The summed E-state index contributed by atoms with van der Waals surface area (Å²) < 4.78 is 2.09. The highest BCUT2D eigenvalue weighted by Gasteiger charge is 2.25. The standard InChI is InChI=1S/C19H29N3O.C12H22N4O4.C7H7NO3.C6H12N2O2.C4H10.C3H6/c1-13(2)10-14(3)22(5)19(23)17(20)11-15-12-21(4)18-9-7-6-8-16(15)18;1-8(2)4-9(12(20)14-5-10(13)18)15-11(19)6-16(3)7-17;1-5-2-3-7(9)6(4-5)8(10)11;1-5(2)8-6(10)3-7-4-9;1-4(2)3;1-3-2/h6-9,12-14,17H,10-11,20H2,1-5H3;7-9H,4-6H2,1-3H3,(H2,13,18)(H,14,20)(H,15,19);2-4,9H,1H3;4-5H,3H2,1-2H3,(H,7,9)(H,8,10);4H,1-3H3;3H,1H2,2H3. The smallest absolute Gasteiger partial charge is 0.310 e. The Bertz CT molecular complexity index is 2080. The summed E-state index contributed by atoms with van der Waals surface area (Å²) in [5.41, 5.74) is 14.0. The van der Waals surface area contributed by atoms with Crippen LogP contribution < -0.4 is 32.7 Å². The van der Waals surface area contributed by atoms with E-state index in [1.165, 1.54) is 30.1 Å². The van der Waals surface area contributed by atoms with Crippen LogP contribution in [-0.4, -0.2) is 125 Å². The summed E-state index contributed by atoms with van der Waals surface area (Å²) in [6, 6.07) is 11.6. The van der Waals surface area contributed by atoms with Gasteiger partial charge in [-0.25, -0.2) is 0 Å². The second kappa shape index (κ2) is 38.0. The Balaban J connectivity index is -0.000000869. The van der Waals surface area contributed by atoms with E-state index in [1.807, 2.05) is 60.8 Å². The molecule has 0 fully saturated rings. The maximum atomic E-state index is 12.6. The zero-order valence-corrected chi connectivity index (χ0v) is 44.9. The van der Waals surface area contributed by atoms with Gasteiger partial charge >= 0.3 is 5.69 Å². The third-order valence-corrected chi connectivity index (χ3v) is 9.05. The quantitative estimate of drug-likeness (QED) is 0.0347. The molecule has 7 amide bonds. The number of nitrogens with two attached hydrogens (primary N) is 2. The van der Waals surface area contributed by atoms with Gasteiger partial charge in [-0.3, -0.25) is 43.7 Å². The number of rotatable bonds is 20. The fourth-order valence-corrected chi connectivity index (χ4v) is 6.02. The van der Waals surface area contributed by atoms with E-state index in [0.717, 1.165) is 28.4 Å². The van der Waals surface area contributed by atoms with Crippen molar-refractivity contribution in [3.05, 3.63) is 82.6 Å². The number of phenolic OH excluding ortho intramolecular Hbond substituents is 1. The largest absolute Gasteiger partial charge is 0.502 e. The van der Waals surface area contributed by atoms with Crippen LogP contribution in [0.4, 0.5) is 5.69 Å². The molecule has 0 saturated carbocycles. The molecule has 20 nitrogen and oxygen atoms in total. The van der Waals surface area contributed by atoms with Crippen molar-refractivity contribution < 1.29 is 43.6 Å². The lowest BCUT2D eigenvalue weighted by Crippen LogP contribution is -2.50. The molecule has 1 aromatic heterocycles. The third-order valence-electron chi connectivity index (χ3n) is 9.05. The van der Waals surface area contributed by atoms with Crippen LogP contribution in [0.3, 0.4) is 0 Å². The number of phenols is 1. The number of aromatic hydroxyl groups is 1. The summed E-state index contributed by atoms with van der Waals surface area (Å²) in [7, 11) is 5.34. The molecule has 2 aromatic carbocycles. The number of benzene rings is 2. The Morgan fingerprint density at radius 3 is 1.90 bits per heavy atom. The Morgan fingerprint density at radius 2 is 1.44 bits per heavy atom. The van der Waals surface area contributed by atoms with Gasteiger partial charge in [0, 0.05) is 56.4 Å². The van der Waals surface area contributed by atoms with Gasteiger partial charge in [-0.2, -0.15) is 0 Å². The number of nitrogens with zero attached hydrogens (tertiary/aromatic N) is 4. The van der Waals surface area contributed by atoms with Gasteiger partial charge in [0.05, 0.1) is 30.6 Å². The molecular weight excluding hydrogens is 913 g/mol. The molecule has 3 atom stereocenters. The number of likely N-dealkylation sites (N-methyl/N-ethyl adjacent to an activating group) is 2. The lowest BCUT2D eigenvalue weighted by molar-refractivity contribution is -0.385. The van der Waals surface area contributed by atoms with E-state index in [-0.39, 0.29) is 60.9 Å². The van der Waals surface area contributed by atoms with Crippen molar-refractivity contribution in [2.45, 2.75) is 127 Å². The number of aryl methyl sites for hydroxylation is 2. The van der Waals surface area contributed by atoms with Crippen LogP contribution in [-0.2, 0) is 47.0 Å². The van der Waals surface area contributed by atoms with E-state index in [4.69, 9.17) is 16.6 Å². The van der Waals surface area contributed by atoms with Crippen molar-refractivity contribution in [2.75, 3.05) is 33.7 Å². The maximum absolute atomic E-state index is 12.6. The minimum absolute atomic E-state index is 0.0195. The second-order valence-corrected chi connectivity index (χ2v) is 18.6. The molecule has 9 N–H and O–H groups in total. The van der Waals surface area contributed by atoms with Gasteiger partial charge < -0.3 is 52.2 Å². The van der Waals surface area contributed by atoms with E-state index in [1.54, 1.807) is 24.0 Å². The number of hydrogen-bond donors (Lipinski definition) is 7. The zero-order chi connectivity index (χ0) is 55.6. The number of hydrogen-bond acceptors (Lipinski definition) is 11. The van der Waals surface area contributed by atoms with Crippen molar-refractivity contribution in [1.29, 1.82) is 0 Å². The number of allylic oxidation sites excluding steroid dienone is 1.